The molecule has 5 nitrogen and oxygen atoms in total. The molecule has 2 amide bonds. The molecule has 0 atom stereocenters. The molecule has 0 spiro atoms. The second kappa shape index (κ2) is 8.80. The molecular formula is C22H26N3O2S+. The third-order valence-corrected chi connectivity index (χ3v) is 6.53. The van der Waals surface area contributed by atoms with Crippen LogP contribution in [0.1, 0.15) is 17.2 Å². The number of carbonyl (C=O) groups excluding carboxylic acids is 2. The molecule has 4 rings (SSSR count). The highest BCUT2D eigenvalue weighted by atomic mass is 32.2. The summed E-state index contributed by atoms with van der Waals surface area (Å²) in [5, 5.41) is 0. The van der Waals surface area contributed by atoms with Crippen LogP contribution in [0.4, 0.5) is 0 Å². The maximum Gasteiger partial charge on any atom is 0.242 e. The van der Waals surface area contributed by atoms with Crippen LogP contribution in [0.15, 0.2) is 60.7 Å². The Labute approximate surface area is 170 Å². The van der Waals surface area contributed by atoms with Crippen LogP contribution < -0.4 is 4.90 Å². The van der Waals surface area contributed by atoms with Gasteiger partial charge in [0.1, 0.15) is 12.6 Å². The topological polar surface area (TPSA) is 45.1 Å². The van der Waals surface area contributed by atoms with E-state index < -0.39 is 0 Å². The fourth-order valence-electron chi connectivity index (χ4n) is 4.09. The van der Waals surface area contributed by atoms with Crippen molar-refractivity contribution in [2.24, 2.45) is 0 Å². The Kier molecular flexibility index (Phi) is 5.98. The Bertz CT molecular complexity index is 768. The van der Waals surface area contributed by atoms with Crippen molar-refractivity contribution in [1.82, 2.24) is 9.80 Å². The normalized spacial score (nSPS) is 18.1. The first-order valence-electron chi connectivity index (χ1n) is 9.80. The summed E-state index contributed by atoms with van der Waals surface area (Å²) in [5.74, 6) is 1.29. The zero-order chi connectivity index (χ0) is 19.3. The lowest BCUT2D eigenvalue weighted by atomic mass is 9.96. The SMILES string of the molecule is O=C(CN1CSCC1=O)N1CC[NH+](C(c2ccccc2)c2ccccc2)CC1. The molecule has 28 heavy (non-hydrogen) atoms. The molecular weight excluding hydrogens is 370 g/mol. The Balaban J connectivity index is 1.43. The van der Waals surface area contributed by atoms with Crippen LogP contribution in [-0.2, 0) is 9.59 Å². The molecule has 0 saturated carbocycles. The first-order chi connectivity index (χ1) is 13.7. The van der Waals surface area contributed by atoms with E-state index in [9.17, 15) is 9.59 Å². The van der Waals surface area contributed by atoms with Gasteiger partial charge in [0.2, 0.25) is 11.8 Å². The van der Waals surface area contributed by atoms with E-state index in [0.29, 0.717) is 11.6 Å². The number of nitrogens with one attached hydrogen (secondary N) is 1. The molecule has 2 aliphatic rings. The van der Waals surface area contributed by atoms with Crippen LogP contribution in [0, 0.1) is 0 Å². The quantitative estimate of drug-likeness (QED) is 0.821. The van der Waals surface area contributed by atoms with E-state index in [4.69, 9.17) is 0 Å². The van der Waals surface area contributed by atoms with E-state index in [1.54, 1.807) is 16.7 Å². The minimum atomic E-state index is 0.0749. The fourth-order valence-corrected chi connectivity index (χ4v) is 4.99. The number of hydrogen-bond donors (Lipinski definition) is 1. The monoisotopic (exact) mass is 396 g/mol. The van der Waals surface area contributed by atoms with Crippen LogP contribution in [0.2, 0.25) is 0 Å². The van der Waals surface area contributed by atoms with Crippen molar-refractivity contribution >= 4 is 23.6 Å². The number of rotatable bonds is 5. The molecule has 0 radical (unpaired) electrons. The number of thioether (sulfide) groups is 1. The van der Waals surface area contributed by atoms with Gasteiger partial charge < -0.3 is 14.7 Å². The molecule has 2 fully saturated rings. The lowest BCUT2D eigenvalue weighted by Gasteiger charge is -2.37. The highest BCUT2D eigenvalue weighted by Crippen LogP contribution is 2.19. The van der Waals surface area contributed by atoms with Gasteiger partial charge in [-0.3, -0.25) is 9.59 Å². The summed E-state index contributed by atoms with van der Waals surface area (Å²) in [6.07, 6.45) is 0. The number of benzene rings is 2. The summed E-state index contributed by atoms with van der Waals surface area (Å²) in [4.78, 5) is 29.5. The molecule has 0 aliphatic carbocycles. The van der Waals surface area contributed by atoms with Gasteiger partial charge in [-0.2, -0.15) is 0 Å². The van der Waals surface area contributed by atoms with Gasteiger partial charge in [-0.05, 0) is 0 Å². The van der Waals surface area contributed by atoms with Crippen molar-refractivity contribution in [2.45, 2.75) is 6.04 Å². The Morgan fingerprint density at radius 1 is 0.964 bits per heavy atom. The average molecular weight is 397 g/mol. The van der Waals surface area contributed by atoms with Crippen LogP contribution in [0.3, 0.4) is 0 Å². The largest absolute Gasteiger partial charge is 0.330 e. The summed E-state index contributed by atoms with van der Waals surface area (Å²) in [5.41, 5.74) is 2.62. The number of nitrogens with zero attached hydrogens (tertiary/aromatic N) is 2. The van der Waals surface area contributed by atoms with Gasteiger partial charge in [-0.15, -0.1) is 11.8 Å². The van der Waals surface area contributed by atoms with Crippen LogP contribution >= 0.6 is 11.8 Å². The molecule has 6 heteroatoms. The first-order valence-corrected chi connectivity index (χ1v) is 11.0. The molecule has 1 N–H and O–H groups in total. The zero-order valence-electron chi connectivity index (χ0n) is 15.9. The standard InChI is InChI=1S/C22H25N3O2S/c26-20(15-25-17-28-16-21(25)27)23-11-13-24(14-12-23)22(18-7-3-1-4-8-18)19-9-5-2-6-10-19/h1-10,22H,11-17H2/p+1. The molecule has 2 aromatic carbocycles. The van der Waals surface area contributed by atoms with Gasteiger partial charge >= 0.3 is 0 Å². The minimum absolute atomic E-state index is 0.0749. The molecule has 146 valence electrons. The van der Waals surface area contributed by atoms with E-state index in [1.807, 2.05) is 4.90 Å². The van der Waals surface area contributed by atoms with Crippen LogP contribution in [0.5, 0.6) is 0 Å². The lowest BCUT2D eigenvalue weighted by molar-refractivity contribution is -0.929. The van der Waals surface area contributed by atoms with Crippen LogP contribution in [-0.4, -0.2) is 66.0 Å². The van der Waals surface area contributed by atoms with Crippen molar-refractivity contribution in [3.05, 3.63) is 71.8 Å². The van der Waals surface area contributed by atoms with Gasteiger partial charge in [-0.1, -0.05) is 60.7 Å². The second-order valence-electron chi connectivity index (χ2n) is 7.36. The summed E-state index contributed by atoms with van der Waals surface area (Å²) in [7, 11) is 0. The van der Waals surface area contributed by atoms with E-state index in [2.05, 4.69) is 60.7 Å². The number of carbonyl (C=O) groups is 2. The summed E-state index contributed by atoms with van der Waals surface area (Å²) < 4.78 is 0. The van der Waals surface area contributed by atoms with Crippen molar-refractivity contribution in [3.63, 3.8) is 0 Å². The average Bonchev–Trinajstić information content (AvgIpc) is 3.15. The molecule has 0 bridgehead atoms. The van der Waals surface area contributed by atoms with Gasteiger partial charge in [0.25, 0.3) is 0 Å². The van der Waals surface area contributed by atoms with E-state index in [-0.39, 0.29) is 24.4 Å². The van der Waals surface area contributed by atoms with Crippen LogP contribution in [0.25, 0.3) is 0 Å². The highest BCUT2D eigenvalue weighted by Gasteiger charge is 2.32. The molecule has 2 aromatic rings. The third-order valence-electron chi connectivity index (χ3n) is 5.58. The minimum Gasteiger partial charge on any atom is -0.330 e. The summed E-state index contributed by atoms with van der Waals surface area (Å²) in [6.45, 7) is 3.51. The Morgan fingerprint density at radius 3 is 2.04 bits per heavy atom. The molecule has 2 heterocycles. The van der Waals surface area contributed by atoms with E-state index >= 15 is 0 Å². The molecule has 2 aliphatic heterocycles. The van der Waals surface area contributed by atoms with Crippen molar-refractivity contribution in [1.29, 1.82) is 0 Å². The van der Waals surface area contributed by atoms with Crippen molar-refractivity contribution in [3.8, 4) is 0 Å². The highest BCUT2D eigenvalue weighted by molar-refractivity contribution is 8.00. The van der Waals surface area contributed by atoms with E-state index in [1.165, 1.54) is 16.0 Å². The van der Waals surface area contributed by atoms with E-state index in [0.717, 1.165) is 26.2 Å². The van der Waals surface area contributed by atoms with Gasteiger partial charge in [0, 0.05) is 11.1 Å². The van der Waals surface area contributed by atoms with Gasteiger partial charge in [0.15, 0.2) is 0 Å². The maximum absolute atomic E-state index is 12.6. The molecule has 0 aromatic heterocycles. The number of amides is 2. The van der Waals surface area contributed by atoms with Crippen molar-refractivity contribution < 1.29 is 14.5 Å². The van der Waals surface area contributed by atoms with Crippen molar-refractivity contribution in [2.75, 3.05) is 44.4 Å². The molecule has 2 saturated heterocycles. The smallest absolute Gasteiger partial charge is 0.242 e. The Hall–Kier alpha value is -2.31. The second-order valence-corrected chi connectivity index (χ2v) is 8.32. The van der Waals surface area contributed by atoms with Gasteiger partial charge in [0.05, 0.1) is 37.8 Å². The maximum atomic E-state index is 12.6. The third kappa shape index (κ3) is 4.23. The summed E-state index contributed by atoms with van der Waals surface area (Å²) >= 11 is 1.58. The number of quaternary nitrogens is 1. The summed E-state index contributed by atoms with van der Waals surface area (Å²) in [6, 6.07) is 21.5. The Morgan fingerprint density at radius 2 is 1.54 bits per heavy atom. The predicted molar refractivity (Wildman–Crippen MR) is 111 cm³/mol. The number of hydrogen-bond acceptors (Lipinski definition) is 3. The van der Waals surface area contributed by atoms with Gasteiger partial charge in [-0.25, -0.2) is 0 Å². The molecule has 0 unspecified atom stereocenters. The number of piperazine rings is 1. The first kappa shape index (κ1) is 19.0. The lowest BCUT2D eigenvalue weighted by Crippen LogP contribution is -3.15. The zero-order valence-corrected chi connectivity index (χ0v) is 16.7. The fraction of sp³-hybridized carbons (Fsp3) is 0.364. The predicted octanol–water partition coefficient (Wildman–Crippen LogP) is 1.04.